The molecule has 0 spiro atoms. The largest absolute Gasteiger partial charge is 0.397 e. The molecule has 3 rings (SSSR count). The molecule has 1 heterocycles. The van der Waals surface area contributed by atoms with E-state index in [0.29, 0.717) is 22.9 Å². The number of carbonyl (C=O) groups is 1. The molecule has 0 aromatic heterocycles. The zero-order valence-corrected chi connectivity index (χ0v) is 12.8. The summed E-state index contributed by atoms with van der Waals surface area (Å²) in [5.74, 6) is -0.0381. The Morgan fingerprint density at radius 2 is 2.00 bits per heavy atom. The van der Waals surface area contributed by atoms with Gasteiger partial charge in [0.05, 0.1) is 17.9 Å². The average molecular weight is 309 g/mol. The number of hydrogen-bond donors (Lipinski definition) is 2. The molecule has 5 nitrogen and oxygen atoms in total. The van der Waals surface area contributed by atoms with Crippen LogP contribution in [0.15, 0.2) is 18.2 Å². The van der Waals surface area contributed by atoms with Crippen LogP contribution in [0.4, 0.5) is 11.4 Å². The summed E-state index contributed by atoms with van der Waals surface area (Å²) in [7, 11) is 0. The van der Waals surface area contributed by atoms with E-state index in [1.54, 1.807) is 18.2 Å². The third kappa shape index (κ3) is 3.87. The van der Waals surface area contributed by atoms with Crippen molar-refractivity contribution >= 4 is 28.9 Å². The minimum Gasteiger partial charge on any atom is -0.397 e. The van der Waals surface area contributed by atoms with Gasteiger partial charge in [-0.2, -0.15) is 0 Å². The van der Waals surface area contributed by atoms with Crippen molar-refractivity contribution in [3.05, 3.63) is 23.2 Å². The lowest BCUT2D eigenvalue weighted by Crippen LogP contribution is -2.49. The van der Waals surface area contributed by atoms with E-state index < -0.39 is 0 Å². The Hall–Kier alpha value is -1.30. The van der Waals surface area contributed by atoms with Crippen molar-refractivity contribution < 1.29 is 4.79 Å². The maximum Gasteiger partial charge on any atom is 0.238 e. The molecule has 1 aliphatic carbocycles. The van der Waals surface area contributed by atoms with E-state index in [-0.39, 0.29) is 5.91 Å². The number of nitrogens with one attached hydrogen (secondary N) is 1. The normalized spacial score (nSPS) is 20.4. The highest BCUT2D eigenvalue weighted by Gasteiger charge is 2.31. The van der Waals surface area contributed by atoms with Crippen molar-refractivity contribution in [2.75, 3.05) is 43.8 Å². The summed E-state index contributed by atoms with van der Waals surface area (Å²) in [6.45, 7) is 4.45. The molecule has 6 heteroatoms. The van der Waals surface area contributed by atoms with Crippen LogP contribution >= 0.6 is 11.6 Å². The first-order chi connectivity index (χ1) is 10.1. The van der Waals surface area contributed by atoms with Crippen LogP contribution in [-0.4, -0.2) is 54.5 Å². The van der Waals surface area contributed by atoms with Crippen LogP contribution in [0.2, 0.25) is 5.02 Å². The highest BCUT2D eigenvalue weighted by Crippen LogP contribution is 2.27. The molecule has 0 radical (unpaired) electrons. The van der Waals surface area contributed by atoms with E-state index in [0.717, 1.165) is 32.2 Å². The van der Waals surface area contributed by atoms with E-state index >= 15 is 0 Å². The average Bonchev–Trinajstić information content (AvgIpc) is 3.28. The van der Waals surface area contributed by atoms with Gasteiger partial charge in [0.1, 0.15) is 0 Å². The predicted molar refractivity (Wildman–Crippen MR) is 85.5 cm³/mol. The van der Waals surface area contributed by atoms with Crippen LogP contribution in [0, 0.1) is 0 Å². The Labute approximate surface area is 130 Å². The Balaban J connectivity index is 1.49. The third-order valence-corrected chi connectivity index (χ3v) is 4.36. The number of benzene rings is 1. The van der Waals surface area contributed by atoms with Crippen molar-refractivity contribution in [1.82, 2.24) is 9.80 Å². The van der Waals surface area contributed by atoms with E-state index in [4.69, 9.17) is 17.3 Å². The third-order valence-electron chi connectivity index (χ3n) is 4.13. The summed E-state index contributed by atoms with van der Waals surface area (Å²) in [4.78, 5) is 16.8. The lowest BCUT2D eigenvalue weighted by molar-refractivity contribution is -0.117. The minimum absolute atomic E-state index is 0.0381. The summed E-state index contributed by atoms with van der Waals surface area (Å²) < 4.78 is 0. The lowest BCUT2D eigenvalue weighted by Gasteiger charge is -2.34. The standard InChI is InChI=1S/C15H21ClN4O/c16-11-1-4-13(17)14(9-11)18-15(21)10-19-5-7-20(8-6-19)12-2-3-12/h1,4,9,12H,2-3,5-8,10,17H2,(H,18,21). The molecule has 0 atom stereocenters. The Kier molecular flexibility index (Phi) is 4.33. The highest BCUT2D eigenvalue weighted by atomic mass is 35.5. The fourth-order valence-corrected chi connectivity index (χ4v) is 2.93. The molecule has 1 amide bonds. The maximum atomic E-state index is 12.1. The van der Waals surface area contributed by atoms with Gasteiger partial charge >= 0.3 is 0 Å². The second-order valence-electron chi connectivity index (χ2n) is 5.82. The van der Waals surface area contributed by atoms with Crippen molar-refractivity contribution in [2.24, 2.45) is 0 Å². The Morgan fingerprint density at radius 3 is 2.67 bits per heavy atom. The van der Waals surface area contributed by atoms with Gasteiger partial charge in [-0.1, -0.05) is 11.6 Å². The molecule has 2 aliphatic rings. The molecule has 1 saturated carbocycles. The first-order valence-corrected chi connectivity index (χ1v) is 7.81. The monoisotopic (exact) mass is 308 g/mol. The molecule has 21 heavy (non-hydrogen) atoms. The van der Waals surface area contributed by atoms with Crippen LogP contribution in [-0.2, 0) is 4.79 Å². The zero-order chi connectivity index (χ0) is 14.8. The number of anilines is 2. The summed E-state index contributed by atoms with van der Waals surface area (Å²) in [6, 6.07) is 5.91. The van der Waals surface area contributed by atoms with Crippen LogP contribution in [0.5, 0.6) is 0 Å². The van der Waals surface area contributed by atoms with Gasteiger partial charge in [-0.25, -0.2) is 0 Å². The molecular formula is C15H21ClN4O. The van der Waals surface area contributed by atoms with Crippen LogP contribution in [0.25, 0.3) is 0 Å². The smallest absolute Gasteiger partial charge is 0.238 e. The summed E-state index contributed by atoms with van der Waals surface area (Å²) in [5.41, 5.74) is 6.96. The number of halogens is 1. The molecular weight excluding hydrogens is 288 g/mol. The van der Waals surface area contributed by atoms with E-state index in [2.05, 4.69) is 15.1 Å². The number of nitrogens with zero attached hydrogens (tertiary/aromatic N) is 2. The second kappa shape index (κ2) is 6.22. The molecule has 114 valence electrons. The van der Waals surface area contributed by atoms with Gasteiger partial charge in [-0.15, -0.1) is 0 Å². The zero-order valence-electron chi connectivity index (χ0n) is 12.0. The molecule has 1 aromatic carbocycles. The number of amides is 1. The minimum atomic E-state index is -0.0381. The van der Waals surface area contributed by atoms with Gasteiger partial charge in [0.25, 0.3) is 0 Å². The van der Waals surface area contributed by atoms with Gasteiger partial charge in [0, 0.05) is 37.2 Å². The number of piperazine rings is 1. The number of hydrogen-bond acceptors (Lipinski definition) is 4. The first-order valence-electron chi connectivity index (χ1n) is 7.43. The maximum absolute atomic E-state index is 12.1. The second-order valence-corrected chi connectivity index (χ2v) is 6.26. The lowest BCUT2D eigenvalue weighted by atomic mass is 10.2. The summed E-state index contributed by atoms with van der Waals surface area (Å²) in [6.07, 6.45) is 2.68. The Morgan fingerprint density at radius 1 is 1.29 bits per heavy atom. The van der Waals surface area contributed by atoms with E-state index in [1.165, 1.54) is 12.8 Å². The van der Waals surface area contributed by atoms with Crippen LogP contribution < -0.4 is 11.1 Å². The number of nitrogens with two attached hydrogens (primary N) is 1. The fourth-order valence-electron chi connectivity index (χ4n) is 2.76. The predicted octanol–water partition coefficient (Wildman–Crippen LogP) is 1.64. The van der Waals surface area contributed by atoms with Gasteiger partial charge in [-0.05, 0) is 31.0 Å². The van der Waals surface area contributed by atoms with Gasteiger partial charge in [-0.3, -0.25) is 14.6 Å². The molecule has 1 aromatic rings. The molecule has 0 bridgehead atoms. The molecule has 0 unspecified atom stereocenters. The molecule has 2 fully saturated rings. The van der Waals surface area contributed by atoms with Crippen molar-refractivity contribution in [1.29, 1.82) is 0 Å². The van der Waals surface area contributed by atoms with Gasteiger partial charge < -0.3 is 11.1 Å². The summed E-state index contributed by atoms with van der Waals surface area (Å²) >= 11 is 5.92. The summed E-state index contributed by atoms with van der Waals surface area (Å²) in [5, 5.41) is 3.41. The van der Waals surface area contributed by atoms with E-state index in [1.807, 2.05) is 0 Å². The fraction of sp³-hybridized carbons (Fsp3) is 0.533. The van der Waals surface area contributed by atoms with E-state index in [9.17, 15) is 4.79 Å². The SMILES string of the molecule is Nc1ccc(Cl)cc1NC(=O)CN1CCN(C2CC2)CC1. The Bertz CT molecular complexity index is 524. The van der Waals surface area contributed by atoms with Gasteiger partial charge in [0.15, 0.2) is 0 Å². The topological polar surface area (TPSA) is 61.6 Å². The number of carbonyl (C=O) groups excluding carboxylic acids is 1. The molecule has 1 saturated heterocycles. The van der Waals surface area contributed by atoms with Crippen molar-refractivity contribution in [3.8, 4) is 0 Å². The quantitative estimate of drug-likeness (QED) is 0.830. The van der Waals surface area contributed by atoms with Gasteiger partial charge in [0.2, 0.25) is 5.91 Å². The van der Waals surface area contributed by atoms with Crippen molar-refractivity contribution in [2.45, 2.75) is 18.9 Å². The van der Waals surface area contributed by atoms with Crippen molar-refractivity contribution in [3.63, 3.8) is 0 Å². The highest BCUT2D eigenvalue weighted by molar-refractivity contribution is 6.31. The number of rotatable bonds is 4. The number of nitrogen functional groups attached to an aromatic ring is 1. The van der Waals surface area contributed by atoms with Crippen LogP contribution in [0.1, 0.15) is 12.8 Å². The first kappa shape index (κ1) is 14.6. The van der Waals surface area contributed by atoms with Crippen LogP contribution in [0.3, 0.4) is 0 Å². The molecule has 3 N–H and O–H groups in total. The molecule has 1 aliphatic heterocycles.